The van der Waals surface area contributed by atoms with Crippen LogP contribution in [0.25, 0.3) is 0 Å². The zero-order chi connectivity index (χ0) is 12.5. The summed E-state index contributed by atoms with van der Waals surface area (Å²) < 4.78 is 5.51. The fourth-order valence-electron chi connectivity index (χ4n) is 1.68. The number of hydrogen-bond donors (Lipinski definition) is 0. The summed E-state index contributed by atoms with van der Waals surface area (Å²) in [6, 6.07) is 11.1. The fraction of sp³-hybridized carbons (Fsp3) is 0.571. The maximum atomic E-state index is 5.51. The van der Waals surface area contributed by atoms with E-state index in [0.717, 1.165) is 31.6 Å². The fourth-order valence-corrected chi connectivity index (χ4v) is 1.91. The molecule has 1 aromatic rings. The highest BCUT2D eigenvalue weighted by molar-refractivity contribution is 9.09. The molecule has 2 nitrogen and oxygen atoms in total. The van der Waals surface area contributed by atoms with Crippen LogP contribution in [-0.2, 0) is 11.3 Å². The van der Waals surface area contributed by atoms with Gasteiger partial charge in [-0.05, 0) is 19.4 Å². The molecule has 1 rings (SSSR count). The number of benzene rings is 1. The van der Waals surface area contributed by atoms with Crippen LogP contribution in [0.5, 0.6) is 0 Å². The van der Waals surface area contributed by atoms with Gasteiger partial charge in [0.2, 0.25) is 0 Å². The smallest absolute Gasteiger partial charge is 0.0594 e. The Morgan fingerprint density at radius 3 is 2.47 bits per heavy atom. The minimum Gasteiger partial charge on any atom is -0.379 e. The molecule has 0 bridgehead atoms. The molecule has 0 spiro atoms. The van der Waals surface area contributed by atoms with Crippen molar-refractivity contribution in [1.82, 2.24) is 4.90 Å². The molecule has 3 heteroatoms. The molecule has 1 aromatic carbocycles. The van der Waals surface area contributed by atoms with Crippen molar-refractivity contribution in [2.45, 2.75) is 26.4 Å². The standard InChI is InChI=1S/C14H22BrNO/c1-13(2)16(9-11-17-10-8-15)12-14-6-4-3-5-7-14/h3-7,13H,8-12H2,1-2H3. The Kier molecular flexibility index (Phi) is 7.49. The van der Waals surface area contributed by atoms with E-state index in [1.165, 1.54) is 5.56 Å². The molecule has 0 saturated carbocycles. The highest BCUT2D eigenvalue weighted by Gasteiger charge is 2.09. The molecule has 0 aliphatic heterocycles. The van der Waals surface area contributed by atoms with Gasteiger partial charge in [0.1, 0.15) is 0 Å². The zero-order valence-electron chi connectivity index (χ0n) is 10.7. The molecular formula is C14H22BrNO. The summed E-state index contributed by atoms with van der Waals surface area (Å²) in [5.41, 5.74) is 1.36. The Morgan fingerprint density at radius 2 is 1.88 bits per heavy atom. The highest BCUT2D eigenvalue weighted by atomic mass is 79.9. The minimum absolute atomic E-state index is 0.544. The van der Waals surface area contributed by atoms with E-state index in [-0.39, 0.29) is 0 Å². The lowest BCUT2D eigenvalue weighted by Gasteiger charge is -2.26. The number of rotatable bonds is 8. The molecule has 0 saturated heterocycles. The molecule has 0 amide bonds. The number of halogens is 1. The van der Waals surface area contributed by atoms with Gasteiger partial charge >= 0.3 is 0 Å². The maximum absolute atomic E-state index is 5.51. The first kappa shape index (κ1) is 14.7. The Morgan fingerprint density at radius 1 is 1.18 bits per heavy atom. The van der Waals surface area contributed by atoms with Crippen molar-refractivity contribution >= 4 is 15.9 Å². The van der Waals surface area contributed by atoms with Crippen LogP contribution in [0.2, 0.25) is 0 Å². The molecule has 96 valence electrons. The minimum atomic E-state index is 0.544. The second kappa shape index (κ2) is 8.67. The van der Waals surface area contributed by atoms with E-state index in [4.69, 9.17) is 4.74 Å². The van der Waals surface area contributed by atoms with Crippen LogP contribution < -0.4 is 0 Å². The monoisotopic (exact) mass is 299 g/mol. The van der Waals surface area contributed by atoms with Crippen LogP contribution in [0.1, 0.15) is 19.4 Å². The molecule has 0 fully saturated rings. The molecule has 0 N–H and O–H groups in total. The third-order valence-electron chi connectivity index (χ3n) is 2.70. The Bertz CT molecular complexity index is 290. The number of alkyl halides is 1. The van der Waals surface area contributed by atoms with Gasteiger partial charge < -0.3 is 4.74 Å². The van der Waals surface area contributed by atoms with E-state index in [1.807, 2.05) is 0 Å². The quantitative estimate of drug-likeness (QED) is 0.539. The lowest BCUT2D eigenvalue weighted by atomic mass is 10.2. The van der Waals surface area contributed by atoms with Gasteiger partial charge in [0.15, 0.2) is 0 Å². The number of ether oxygens (including phenoxy) is 1. The Hall–Kier alpha value is -0.380. The Balaban J connectivity index is 2.38. The SMILES string of the molecule is CC(C)N(CCOCCBr)Cc1ccccc1. The van der Waals surface area contributed by atoms with Crippen LogP contribution in [-0.4, -0.2) is 36.0 Å². The predicted octanol–water partition coefficient (Wildman–Crippen LogP) is 3.31. The average Bonchev–Trinajstić information content (AvgIpc) is 2.34. The molecule has 0 atom stereocenters. The Labute approximate surface area is 113 Å². The van der Waals surface area contributed by atoms with Gasteiger partial charge in [-0.1, -0.05) is 46.3 Å². The second-order valence-electron chi connectivity index (χ2n) is 4.35. The van der Waals surface area contributed by atoms with Crippen molar-refractivity contribution in [2.75, 3.05) is 25.1 Å². The molecule has 17 heavy (non-hydrogen) atoms. The van der Waals surface area contributed by atoms with Gasteiger partial charge in [-0.2, -0.15) is 0 Å². The summed E-state index contributed by atoms with van der Waals surface area (Å²) in [5, 5.41) is 0.910. The molecule has 0 aromatic heterocycles. The normalized spacial score (nSPS) is 11.4. The van der Waals surface area contributed by atoms with Crippen LogP contribution in [0, 0.1) is 0 Å². The summed E-state index contributed by atoms with van der Waals surface area (Å²) in [7, 11) is 0. The predicted molar refractivity (Wildman–Crippen MR) is 76.6 cm³/mol. The largest absolute Gasteiger partial charge is 0.379 e. The second-order valence-corrected chi connectivity index (χ2v) is 5.14. The van der Waals surface area contributed by atoms with Crippen molar-refractivity contribution in [3.8, 4) is 0 Å². The van der Waals surface area contributed by atoms with Crippen molar-refractivity contribution in [2.24, 2.45) is 0 Å². The van der Waals surface area contributed by atoms with Gasteiger partial charge in [-0.25, -0.2) is 0 Å². The summed E-state index contributed by atoms with van der Waals surface area (Å²) in [5.74, 6) is 0. The first-order valence-electron chi connectivity index (χ1n) is 6.15. The first-order chi connectivity index (χ1) is 8.24. The number of nitrogens with zero attached hydrogens (tertiary/aromatic N) is 1. The van der Waals surface area contributed by atoms with Crippen molar-refractivity contribution in [3.05, 3.63) is 35.9 Å². The molecular weight excluding hydrogens is 278 g/mol. The maximum Gasteiger partial charge on any atom is 0.0594 e. The zero-order valence-corrected chi connectivity index (χ0v) is 12.3. The lowest BCUT2D eigenvalue weighted by molar-refractivity contribution is 0.0991. The molecule has 0 aliphatic rings. The van der Waals surface area contributed by atoms with Crippen LogP contribution in [0.15, 0.2) is 30.3 Å². The topological polar surface area (TPSA) is 12.5 Å². The van der Waals surface area contributed by atoms with Crippen LogP contribution in [0.3, 0.4) is 0 Å². The van der Waals surface area contributed by atoms with Crippen LogP contribution >= 0.6 is 15.9 Å². The molecule has 0 radical (unpaired) electrons. The summed E-state index contributed by atoms with van der Waals surface area (Å²) >= 11 is 3.36. The van der Waals surface area contributed by atoms with Gasteiger partial charge in [0, 0.05) is 24.5 Å². The van der Waals surface area contributed by atoms with E-state index in [9.17, 15) is 0 Å². The molecule has 0 unspecified atom stereocenters. The van der Waals surface area contributed by atoms with E-state index in [1.54, 1.807) is 0 Å². The molecule has 0 heterocycles. The first-order valence-corrected chi connectivity index (χ1v) is 7.28. The molecule has 0 aliphatic carbocycles. The average molecular weight is 300 g/mol. The summed E-state index contributed by atoms with van der Waals surface area (Å²) in [6.07, 6.45) is 0. The summed E-state index contributed by atoms with van der Waals surface area (Å²) in [6.45, 7) is 8.03. The summed E-state index contributed by atoms with van der Waals surface area (Å²) in [4.78, 5) is 2.43. The highest BCUT2D eigenvalue weighted by Crippen LogP contribution is 2.07. The lowest BCUT2D eigenvalue weighted by Crippen LogP contribution is -2.33. The van der Waals surface area contributed by atoms with E-state index < -0.39 is 0 Å². The van der Waals surface area contributed by atoms with E-state index in [2.05, 4.69) is 65.0 Å². The van der Waals surface area contributed by atoms with Gasteiger partial charge in [-0.3, -0.25) is 4.90 Å². The van der Waals surface area contributed by atoms with Gasteiger partial charge in [0.25, 0.3) is 0 Å². The third-order valence-corrected chi connectivity index (χ3v) is 3.03. The van der Waals surface area contributed by atoms with Crippen LogP contribution in [0.4, 0.5) is 0 Å². The van der Waals surface area contributed by atoms with Gasteiger partial charge in [0.05, 0.1) is 13.2 Å². The van der Waals surface area contributed by atoms with Crippen molar-refractivity contribution < 1.29 is 4.74 Å². The number of hydrogen-bond acceptors (Lipinski definition) is 2. The van der Waals surface area contributed by atoms with Gasteiger partial charge in [-0.15, -0.1) is 0 Å². The van der Waals surface area contributed by atoms with E-state index >= 15 is 0 Å². The van der Waals surface area contributed by atoms with Crippen molar-refractivity contribution in [1.29, 1.82) is 0 Å². The van der Waals surface area contributed by atoms with E-state index in [0.29, 0.717) is 6.04 Å². The third kappa shape index (κ3) is 6.20. The van der Waals surface area contributed by atoms with Crippen molar-refractivity contribution in [3.63, 3.8) is 0 Å².